The van der Waals surface area contributed by atoms with Gasteiger partial charge in [-0.15, -0.1) is 0 Å². The number of ether oxygens (including phenoxy) is 2. The minimum Gasteiger partial charge on any atom is -0.482 e. The molecule has 25 heavy (non-hydrogen) atoms. The van der Waals surface area contributed by atoms with E-state index in [9.17, 15) is 9.59 Å². The second kappa shape index (κ2) is 8.74. The summed E-state index contributed by atoms with van der Waals surface area (Å²) in [4.78, 5) is 23.7. The van der Waals surface area contributed by atoms with Crippen LogP contribution in [0.2, 0.25) is 10.0 Å². The van der Waals surface area contributed by atoms with E-state index in [2.05, 4.69) is 5.32 Å². The quantitative estimate of drug-likeness (QED) is 0.743. The number of amides is 1. The molecule has 2 aromatic carbocycles. The van der Waals surface area contributed by atoms with Gasteiger partial charge in [-0.1, -0.05) is 23.2 Å². The van der Waals surface area contributed by atoms with Gasteiger partial charge in [0, 0.05) is 16.8 Å². The number of hydrogen-bond donors (Lipinski definition) is 1. The van der Waals surface area contributed by atoms with E-state index in [-0.39, 0.29) is 18.6 Å². The van der Waals surface area contributed by atoms with Crippen LogP contribution in [0.1, 0.15) is 24.2 Å². The van der Waals surface area contributed by atoms with E-state index in [0.29, 0.717) is 27.0 Å². The molecule has 1 amide bonds. The van der Waals surface area contributed by atoms with Crippen molar-refractivity contribution in [3.05, 3.63) is 58.1 Å². The summed E-state index contributed by atoms with van der Waals surface area (Å²) in [6, 6.07) is 11.1. The van der Waals surface area contributed by atoms with Crippen LogP contribution < -0.4 is 10.1 Å². The van der Waals surface area contributed by atoms with Crippen LogP contribution >= 0.6 is 23.2 Å². The molecule has 0 radical (unpaired) electrons. The molecule has 2 aromatic rings. The van der Waals surface area contributed by atoms with E-state index in [0.717, 1.165) is 0 Å². The Bertz CT molecular complexity index is 760. The molecule has 132 valence electrons. The fraction of sp³-hybridized carbons (Fsp3) is 0.222. The largest absolute Gasteiger partial charge is 0.482 e. The van der Waals surface area contributed by atoms with Crippen LogP contribution in [-0.4, -0.2) is 24.6 Å². The lowest BCUT2D eigenvalue weighted by atomic mass is 10.2. The van der Waals surface area contributed by atoms with Crippen molar-refractivity contribution in [2.45, 2.75) is 20.0 Å². The highest BCUT2D eigenvalue weighted by molar-refractivity contribution is 6.34. The lowest BCUT2D eigenvalue weighted by molar-refractivity contribution is -0.118. The van der Waals surface area contributed by atoms with E-state index in [1.54, 1.807) is 50.2 Å². The third-order valence-electron chi connectivity index (χ3n) is 3.00. The van der Waals surface area contributed by atoms with Crippen molar-refractivity contribution in [2.24, 2.45) is 0 Å². The molecule has 0 aliphatic heterocycles. The van der Waals surface area contributed by atoms with Gasteiger partial charge in [-0.05, 0) is 50.2 Å². The molecule has 1 N–H and O–H groups in total. The smallest absolute Gasteiger partial charge is 0.338 e. The zero-order valence-electron chi connectivity index (χ0n) is 13.7. The maximum Gasteiger partial charge on any atom is 0.338 e. The average Bonchev–Trinajstić information content (AvgIpc) is 2.55. The van der Waals surface area contributed by atoms with Gasteiger partial charge in [0.05, 0.1) is 16.7 Å². The summed E-state index contributed by atoms with van der Waals surface area (Å²) in [5, 5.41) is 3.49. The maximum atomic E-state index is 11.9. The molecule has 0 saturated carbocycles. The molecule has 0 bridgehead atoms. The van der Waals surface area contributed by atoms with Gasteiger partial charge in [0.2, 0.25) is 0 Å². The molecular weight excluding hydrogens is 365 g/mol. The molecule has 7 heteroatoms. The number of halogens is 2. The molecule has 0 atom stereocenters. The van der Waals surface area contributed by atoms with E-state index in [1.807, 2.05) is 0 Å². The Morgan fingerprint density at radius 1 is 1.08 bits per heavy atom. The zero-order chi connectivity index (χ0) is 18.4. The van der Waals surface area contributed by atoms with Crippen molar-refractivity contribution in [2.75, 3.05) is 11.9 Å². The molecule has 0 aromatic heterocycles. The van der Waals surface area contributed by atoms with Crippen molar-refractivity contribution < 1.29 is 19.1 Å². The third-order valence-corrected chi connectivity index (χ3v) is 3.55. The number of nitrogens with one attached hydrogen (secondary N) is 1. The van der Waals surface area contributed by atoms with Crippen molar-refractivity contribution in [1.29, 1.82) is 0 Å². The van der Waals surface area contributed by atoms with Gasteiger partial charge in [-0.25, -0.2) is 4.79 Å². The minimum absolute atomic E-state index is 0.192. The summed E-state index contributed by atoms with van der Waals surface area (Å²) in [7, 11) is 0. The average molecular weight is 382 g/mol. The molecule has 0 aliphatic rings. The van der Waals surface area contributed by atoms with Crippen molar-refractivity contribution in [3.8, 4) is 5.75 Å². The molecule has 5 nitrogen and oxygen atoms in total. The Hall–Kier alpha value is -2.24. The number of carbonyl (C=O) groups excluding carboxylic acids is 2. The highest BCUT2D eigenvalue weighted by Gasteiger charge is 2.10. The molecule has 0 unspecified atom stereocenters. The van der Waals surface area contributed by atoms with E-state index in [4.69, 9.17) is 32.7 Å². The minimum atomic E-state index is -0.410. The van der Waals surface area contributed by atoms with Gasteiger partial charge >= 0.3 is 5.97 Å². The van der Waals surface area contributed by atoms with Crippen LogP contribution in [0.15, 0.2) is 42.5 Å². The van der Waals surface area contributed by atoms with Crippen molar-refractivity contribution in [3.63, 3.8) is 0 Å². The maximum absolute atomic E-state index is 11.9. The normalized spacial score (nSPS) is 10.4. The number of carbonyl (C=O) groups is 2. The van der Waals surface area contributed by atoms with Crippen LogP contribution in [0.25, 0.3) is 0 Å². The van der Waals surface area contributed by atoms with Crippen LogP contribution in [-0.2, 0) is 9.53 Å². The monoisotopic (exact) mass is 381 g/mol. The first-order valence-corrected chi connectivity index (χ1v) is 8.29. The number of benzene rings is 2. The van der Waals surface area contributed by atoms with Gasteiger partial charge in [-0.3, -0.25) is 4.79 Å². The molecule has 0 fully saturated rings. The van der Waals surface area contributed by atoms with Gasteiger partial charge < -0.3 is 14.8 Å². The predicted molar refractivity (Wildman–Crippen MR) is 97.6 cm³/mol. The summed E-state index contributed by atoms with van der Waals surface area (Å²) in [6.45, 7) is 3.33. The van der Waals surface area contributed by atoms with Crippen LogP contribution in [0.4, 0.5) is 5.69 Å². The lowest BCUT2D eigenvalue weighted by Gasteiger charge is -2.10. The third kappa shape index (κ3) is 5.96. The lowest BCUT2D eigenvalue weighted by Crippen LogP contribution is -2.20. The second-order valence-corrected chi connectivity index (χ2v) is 6.29. The summed E-state index contributed by atoms with van der Waals surface area (Å²) in [5.74, 6) is -0.448. The van der Waals surface area contributed by atoms with Crippen LogP contribution in [0.5, 0.6) is 5.75 Å². The van der Waals surface area contributed by atoms with Crippen LogP contribution in [0, 0.1) is 0 Å². The van der Waals surface area contributed by atoms with Gasteiger partial charge in [0.15, 0.2) is 6.61 Å². The Morgan fingerprint density at radius 3 is 2.40 bits per heavy atom. The summed E-state index contributed by atoms with van der Waals surface area (Å²) in [6.07, 6.45) is -0.192. The zero-order valence-corrected chi connectivity index (χ0v) is 15.2. The predicted octanol–water partition coefficient (Wildman–Crippen LogP) is 4.58. The Labute approximate surface area is 155 Å². The Balaban J connectivity index is 1.90. The van der Waals surface area contributed by atoms with E-state index >= 15 is 0 Å². The first kappa shape index (κ1) is 19.1. The van der Waals surface area contributed by atoms with Crippen molar-refractivity contribution in [1.82, 2.24) is 0 Å². The van der Waals surface area contributed by atoms with E-state index in [1.165, 1.54) is 6.07 Å². The number of esters is 1. The first-order chi connectivity index (χ1) is 11.8. The van der Waals surface area contributed by atoms with Gasteiger partial charge in [0.25, 0.3) is 5.91 Å². The fourth-order valence-electron chi connectivity index (χ4n) is 1.90. The van der Waals surface area contributed by atoms with Crippen LogP contribution in [0.3, 0.4) is 0 Å². The number of hydrogen-bond acceptors (Lipinski definition) is 4. The topological polar surface area (TPSA) is 64.6 Å². The Morgan fingerprint density at radius 2 is 1.76 bits per heavy atom. The van der Waals surface area contributed by atoms with Gasteiger partial charge in [-0.2, -0.15) is 0 Å². The first-order valence-electron chi connectivity index (χ1n) is 7.54. The molecule has 0 saturated heterocycles. The summed E-state index contributed by atoms with van der Waals surface area (Å²) < 4.78 is 10.5. The molecule has 2 rings (SSSR count). The number of rotatable bonds is 6. The number of anilines is 1. The molecule has 0 spiro atoms. The standard InChI is InChI=1S/C18H17Cl2NO4/c1-11(2)25-18(23)12-3-6-14(7-4-12)21-17(22)10-24-16-9-13(19)5-8-15(16)20/h3-9,11H,10H2,1-2H3,(H,21,22). The molecular formula is C18H17Cl2NO4. The van der Waals surface area contributed by atoms with Gasteiger partial charge in [0.1, 0.15) is 5.75 Å². The fourth-order valence-corrected chi connectivity index (χ4v) is 2.23. The molecule has 0 heterocycles. The summed E-state index contributed by atoms with van der Waals surface area (Å²) >= 11 is 11.8. The highest BCUT2D eigenvalue weighted by Crippen LogP contribution is 2.27. The highest BCUT2D eigenvalue weighted by atomic mass is 35.5. The summed E-state index contributed by atoms with van der Waals surface area (Å²) in [5.41, 5.74) is 0.945. The SMILES string of the molecule is CC(C)OC(=O)c1ccc(NC(=O)COc2cc(Cl)ccc2Cl)cc1. The van der Waals surface area contributed by atoms with Crippen molar-refractivity contribution >= 4 is 40.8 Å². The van der Waals surface area contributed by atoms with E-state index < -0.39 is 5.97 Å². The Kier molecular flexibility index (Phi) is 6.67. The second-order valence-electron chi connectivity index (χ2n) is 5.44. The molecule has 0 aliphatic carbocycles.